The van der Waals surface area contributed by atoms with Crippen LogP contribution >= 0.6 is 0 Å². The van der Waals surface area contributed by atoms with Gasteiger partial charge in [-0.1, -0.05) is 60.7 Å². The molecule has 0 aromatic heterocycles. The molecular formula is C20H20N2O4. The first kappa shape index (κ1) is 16.6. The Morgan fingerprint density at radius 2 is 1.58 bits per heavy atom. The van der Waals surface area contributed by atoms with E-state index in [1.165, 1.54) is 4.90 Å². The van der Waals surface area contributed by atoms with Crippen LogP contribution in [0.15, 0.2) is 60.7 Å². The fourth-order valence-corrected chi connectivity index (χ4v) is 3.56. The van der Waals surface area contributed by atoms with Crippen LogP contribution in [-0.4, -0.2) is 35.7 Å². The van der Waals surface area contributed by atoms with Crippen molar-refractivity contribution in [1.29, 1.82) is 0 Å². The number of carbonyl (C=O) groups excluding carboxylic acids is 2. The summed E-state index contributed by atoms with van der Waals surface area (Å²) in [4.78, 5) is 26.7. The first-order valence-electron chi connectivity index (χ1n) is 8.66. The lowest BCUT2D eigenvalue weighted by atomic mass is 10.0. The molecule has 6 heteroatoms. The summed E-state index contributed by atoms with van der Waals surface area (Å²) in [6, 6.07) is 18.0. The van der Waals surface area contributed by atoms with E-state index < -0.39 is 24.5 Å². The number of ether oxygens (including phenoxy) is 2. The van der Waals surface area contributed by atoms with Crippen molar-refractivity contribution in [2.45, 2.75) is 31.3 Å². The highest BCUT2D eigenvalue weighted by Crippen LogP contribution is 2.34. The first-order chi connectivity index (χ1) is 12.6. The predicted molar refractivity (Wildman–Crippen MR) is 94.0 cm³/mol. The second-order valence-electron chi connectivity index (χ2n) is 6.50. The molecule has 4 rings (SSSR count). The number of nitrogens with one attached hydrogen (secondary N) is 1. The summed E-state index contributed by atoms with van der Waals surface area (Å²) in [5, 5.41) is 2.87. The van der Waals surface area contributed by atoms with Gasteiger partial charge in [0.1, 0.15) is 12.6 Å². The maximum atomic E-state index is 12.9. The average Bonchev–Trinajstić information content (AvgIpc) is 3.04. The van der Waals surface area contributed by atoms with Gasteiger partial charge in [-0.15, -0.1) is 0 Å². The zero-order valence-corrected chi connectivity index (χ0v) is 14.4. The number of rotatable bonds is 3. The Morgan fingerprint density at radius 3 is 2.19 bits per heavy atom. The summed E-state index contributed by atoms with van der Waals surface area (Å²) in [5.41, 5.74) is 1.80. The number of amides is 2. The van der Waals surface area contributed by atoms with Crippen LogP contribution < -0.4 is 5.32 Å². The molecule has 2 heterocycles. The van der Waals surface area contributed by atoms with Crippen LogP contribution in [0.1, 0.15) is 30.3 Å². The molecule has 2 aliphatic rings. The van der Waals surface area contributed by atoms with Gasteiger partial charge in [-0.2, -0.15) is 0 Å². The zero-order valence-electron chi connectivity index (χ0n) is 14.4. The monoisotopic (exact) mass is 352 g/mol. The third-order valence-corrected chi connectivity index (χ3v) is 4.83. The van der Waals surface area contributed by atoms with Crippen molar-refractivity contribution in [2.75, 3.05) is 6.61 Å². The number of benzene rings is 2. The summed E-state index contributed by atoms with van der Waals surface area (Å²) in [7, 11) is 0. The standard InChI is InChI=1S/C20H20N2O4/c1-13-17(18(23)21-19(26-13)15-10-6-3-7-11-15)22-16(12-25-20(22)24)14-8-4-2-5-9-14/h2-11,13,16-17,19H,12H2,1H3,(H,21,23)/t13-,16+,17+,19+/m0/s1. The lowest BCUT2D eigenvalue weighted by Crippen LogP contribution is -2.59. The van der Waals surface area contributed by atoms with Crippen LogP contribution in [0.4, 0.5) is 4.79 Å². The molecule has 4 atom stereocenters. The van der Waals surface area contributed by atoms with E-state index >= 15 is 0 Å². The Labute approximate surface area is 151 Å². The Balaban J connectivity index is 1.59. The SMILES string of the molecule is C[C@@H]1O[C@H](c2ccccc2)NC(=O)[C@@H]1N1C(=O)OC[C@@H]1c1ccccc1. The van der Waals surface area contributed by atoms with E-state index in [0.717, 1.165) is 11.1 Å². The molecule has 0 spiro atoms. The molecule has 0 radical (unpaired) electrons. The van der Waals surface area contributed by atoms with Crippen molar-refractivity contribution >= 4 is 12.0 Å². The number of nitrogens with zero attached hydrogens (tertiary/aromatic N) is 1. The van der Waals surface area contributed by atoms with Crippen LogP contribution in [0.5, 0.6) is 0 Å². The maximum Gasteiger partial charge on any atom is 0.411 e. The number of hydrogen-bond acceptors (Lipinski definition) is 4. The smallest absolute Gasteiger partial charge is 0.411 e. The molecular weight excluding hydrogens is 332 g/mol. The number of carbonyl (C=O) groups is 2. The molecule has 2 amide bonds. The van der Waals surface area contributed by atoms with Crippen LogP contribution in [0.25, 0.3) is 0 Å². The predicted octanol–water partition coefficient (Wildman–Crippen LogP) is 2.78. The minimum Gasteiger partial charge on any atom is -0.447 e. The summed E-state index contributed by atoms with van der Waals surface area (Å²) < 4.78 is 11.3. The number of cyclic esters (lactones) is 1. The van der Waals surface area contributed by atoms with Crippen molar-refractivity contribution in [3.8, 4) is 0 Å². The van der Waals surface area contributed by atoms with Gasteiger partial charge in [0.2, 0.25) is 5.91 Å². The van der Waals surface area contributed by atoms with Gasteiger partial charge >= 0.3 is 6.09 Å². The quantitative estimate of drug-likeness (QED) is 0.922. The molecule has 134 valence electrons. The highest BCUT2D eigenvalue weighted by molar-refractivity contribution is 5.88. The molecule has 2 aromatic rings. The molecule has 6 nitrogen and oxygen atoms in total. The number of hydrogen-bond donors (Lipinski definition) is 1. The summed E-state index contributed by atoms with van der Waals surface area (Å²) >= 11 is 0. The van der Waals surface area contributed by atoms with Crippen LogP contribution in [0.2, 0.25) is 0 Å². The molecule has 0 saturated carbocycles. The lowest BCUT2D eigenvalue weighted by molar-refractivity contribution is -0.154. The molecule has 0 aliphatic carbocycles. The van der Waals surface area contributed by atoms with Gasteiger partial charge in [0.25, 0.3) is 0 Å². The van der Waals surface area contributed by atoms with Crippen LogP contribution in [-0.2, 0) is 14.3 Å². The van der Waals surface area contributed by atoms with Crippen molar-refractivity contribution < 1.29 is 19.1 Å². The summed E-state index contributed by atoms with van der Waals surface area (Å²) in [5.74, 6) is -0.239. The van der Waals surface area contributed by atoms with Gasteiger partial charge in [-0.3, -0.25) is 9.69 Å². The molecule has 0 bridgehead atoms. The lowest BCUT2D eigenvalue weighted by Gasteiger charge is -2.40. The minimum absolute atomic E-state index is 0.224. The molecule has 1 N–H and O–H groups in total. The molecule has 2 aromatic carbocycles. The van der Waals surface area contributed by atoms with Gasteiger partial charge < -0.3 is 14.8 Å². The maximum absolute atomic E-state index is 12.9. The Morgan fingerprint density at radius 1 is 0.962 bits per heavy atom. The van der Waals surface area contributed by atoms with E-state index in [9.17, 15) is 9.59 Å². The fraction of sp³-hybridized carbons (Fsp3) is 0.300. The normalized spacial score (nSPS) is 28.6. The molecule has 2 saturated heterocycles. The second-order valence-corrected chi connectivity index (χ2v) is 6.50. The van der Waals surface area contributed by atoms with Gasteiger partial charge in [-0.25, -0.2) is 4.79 Å². The first-order valence-corrected chi connectivity index (χ1v) is 8.66. The average molecular weight is 352 g/mol. The van der Waals surface area contributed by atoms with Crippen LogP contribution in [0, 0.1) is 0 Å². The van der Waals surface area contributed by atoms with Gasteiger partial charge in [0, 0.05) is 5.56 Å². The molecule has 26 heavy (non-hydrogen) atoms. The van der Waals surface area contributed by atoms with Crippen molar-refractivity contribution in [3.05, 3.63) is 71.8 Å². The summed E-state index contributed by atoms with van der Waals surface area (Å²) in [6.45, 7) is 2.04. The van der Waals surface area contributed by atoms with E-state index in [2.05, 4.69) is 5.32 Å². The van der Waals surface area contributed by atoms with Crippen molar-refractivity contribution in [3.63, 3.8) is 0 Å². The second kappa shape index (κ2) is 6.80. The zero-order chi connectivity index (χ0) is 18.1. The molecule has 0 unspecified atom stereocenters. The van der Waals surface area contributed by atoms with E-state index in [1.807, 2.05) is 67.6 Å². The van der Waals surface area contributed by atoms with E-state index in [0.29, 0.717) is 0 Å². The van der Waals surface area contributed by atoms with E-state index in [1.54, 1.807) is 0 Å². The molecule has 2 aliphatic heterocycles. The van der Waals surface area contributed by atoms with E-state index in [-0.39, 0.29) is 18.6 Å². The highest BCUT2D eigenvalue weighted by atomic mass is 16.6. The van der Waals surface area contributed by atoms with Crippen molar-refractivity contribution in [1.82, 2.24) is 10.2 Å². The van der Waals surface area contributed by atoms with Crippen molar-refractivity contribution in [2.24, 2.45) is 0 Å². The van der Waals surface area contributed by atoms with Gasteiger partial charge in [0.15, 0.2) is 6.23 Å². The Hall–Kier alpha value is -2.86. The topological polar surface area (TPSA) is 67.9 Å². The largest absolute Gasteiger partial charge is 0.447 e. The molecule has 2 fully saturated rings. The van der Waals surface area contributed by atoms with E-state index in [4.69, 9.17) is 9.47 Å². The fourth-order valence-electron chi connectivity index (χ4n) is 3.56. The minimum atomic E-state index is -0.741. The third-order valence-electron chi connectivity index (χ3n) is 4.83. The van der Waals surface area contributed by atoms with Gasteiger partial charge in [-0.05, 0) is 12.5 Å². The third kappa shape index (κ3) is 2.93. The van der Waals surface area contributed by atoms with Gasteiger partial charge in [0.05, 0.1) is 12.1 Å². The summed E-state index contributed by atoms with van der Waals surface area (Å²) in [6.07, 6.45) is -1.48. The Bertz CT molecular complexity index is 796. The van der Waals surface area contributed by atoms with Crippen LogP contribution in [0.3, 0.4) is 0 Å². The highest BCUT2D eigenvalue weighted by Gasteiger charge is 2.48. The Kier molecular flexibility index (Phi) is 4.34.